The molecule has 3 nitrogen and oxygen atoms in total. The molecule has 1 aliphatic rings. The number of hydrogen-bond donors (Lipinski definition) is 2. The Bertz CT molecular complexity index is 305. The number of rotatable bonds is 3. The van der Waals surface area contributed by atoms with Gasteiger partial charge in [-0.3, -0.25) is 4.98 Å². The molecule has 1 aromatic rings. The lowest BCUT2D eigenvalue weighted by Crippen LogP contribution is -3.13. The van der Waals surface area contributed by atoms with Crippen molar-refractivity contribution >= 4 is 0 Å². The van der Waals surface area contributed by atoms with Crippen molar-refractivity contribution in [1.82, 2.24) is 10.3 Å². The van der Waals surface area contributed by atoms with Crippen LogP contribution in [0, 0.1) is 0 Å². The number of nitrogens with one attached hydrogen (secondary N) is 2. The molecular weight excluding hydrogens is 186 g/mol. The van der Waals surface area contributed by atoms with Gasteiger partial charge in [0.2, 0.25) is 0 Å². The molecule has 2 rings (SSSR count). The fraction of sp³-hybridized carbons (Fsp3) is 0.583. The second kappa shape index (κ2) is 5.24. The van der Waals surface area contributed by atoms with Gasteiger partial charge in [-0.25, -0.2) is 0 Å². The summed E-state index contributed by atoms with van der Waals surface area (Å²) in [6.45, 7) is 7.96. The van der Waals surface area contributed by atoms with E-state index in [9.17, 15) is 0 Å². The van der Waals surface area contributed by atoms with Crippen LogP contribution in [0.15, 0.2) is 18.2 Å². The number of aromatic nitrogens is 1. The number of aryl methyl sites for hydroxylation is 1. The topological polar surface area (TPSA) is 29.4 Å². The molecule has 0 aromatic carbocycles. The zero-order valence-corrected chi connectivity index (χ0v) is 9.42. The summed E-state index contributed by atoms with van der Waals surface area (Å²) in [6, 6.07) is 6.38. The van der Waals surface area contributed by atoms with E-state index in [0.717, 1.165) is 26.1 Å². The molecule has 0 aliphatic carbocycles. The molecule has 0 atom stereocenters. The average Bonchev–Trinajstić information content (AvgIpc) is 2.31. The van der Waals surface area contributed by atoms with Crippen LogP contribution in [0.5, 0.6) is 0 Å². The first kappa shape index (κ1) is 10.6. The first-order valence-electron chi connectivity index (χ1n) is 5.87. The van der Waals surface area contributed by atoms with E-state index in [1.165, 1.54) is 24.5 Å². The summed E-state index contributed by atoms with van der Waals surface area (Å²) in [5.74, 6) is 0. The van der Waals surface area contributed by atoms with Crippen LogP contribution in [-0.4, -0.2) is 31.2 Å². The molecule has 1 fully saturated rings. The summed E-state index contributed by atoms with van der Waals surface area (Å²) in [7, 11) is 0. The van der Waals surface area contributed by atoms with Crippen molar-refractivity contribution in [2.24, 2.45) is 0 Å². The van der Waals surface area contributed by atoms with E-state index in [1.807, 2.05) is 0 Å². The van der Waals surface area contributed by atoms with Gasteiger partial charge in [-0.1, -0.05) is 13.0 Å². The molecular formula is C12H20N3+. The van der Waals surface area contributed by atoms with Gasteiger partial charge in [-0.2, -0.15) is 0 Å². The van der Waals surface area contributed by atoms with Gasteiger partial charge >= 0.3 is 0 Å². The molecule has 0 unspecified atom stereocenters. The van der Waals surface area contributed by atoms with Gasteiger partial charge in [0.05, 0.1) is 18.8 Å². The molecule has 0 spiro atoms. The Hall–Kier alpha value is -0.930. The van der Waals surface area contributed by atoms with Gasteiger partial charge in [-0.15, -0.1) is 0 Å². The Balaban J connectivity index is 1.96. The van der Waals surface area contributed by atoms with Crippen molar-refractivity contribution in [2.45, 2.75) is 19.9 Å². The second-order valence-electron chi connectivity index (χ2n) is 4.15. The molecule has 2 N–H and O–H groups in total. The fourth-order valence-corrected chi connectivity index (χ4v) is 2.04. The monoisotopic (exact) mass is 206 g/mol. The van der Waals surface area contributed by atoms with Crippen molar-refractivity contribution in [1.29, 1.82) is 0 Å². The van der Waals surface area contributed by atoms with Gasteiger partial charge < -0.3 is 10.2 Å². The summed E-state index contributed by atoms with van der Waals surface area (Å²) in [5.41, 5.74) is 2.45. The summed E-state index contributed by atoms with van der Waals surface area (Å²) < 4.78 is 0. The van der Waals surface area contributed by atoms with Crippen LogP contribution in [0.4, 0.5) is 0 Å². The quantitative estimate of drug-likeness (QED) is 0.707. The molecule has 0 radical (unpaired) electrons. The van der Waals surface area contributed by atoms with Crippen molar-refractivity contribution < 1.29 is 4.90 Å². The molecule has 2 heterocycles. The van der Waals surface area contributed by atoms with E-state index in [-0.39, 0.29) is 0 Å². The highest BCUT2D eigenvalue weighted by molar-refractivity contribution is 5.10. The molecule has 3 heteroatoms. The molecule has 0 amide bonds. The van der Waals surface area contributed by atoms with E-state index in [0.29, 0.717) is 0 Å². The number of pyridine rings is 1. The standard InChI is InChI=1S/C12H19N3/c1-2-11-4-3-5-12(14-11)10-15-8-6-13-7-9-15/h3-5,13H,2,6-10H2,1H3/p+1. The van der Waals surface area contributed by atoms with Crippen LogP contribution in [-0.2, 0) is 13.0 Å². The van der Waals surface area contributed by atoms with E-state index >= 15 is 0 Å². The van der Waals surface area contributed by atoms with Crippen LogP contribution in [0.1, 0.15) is 18.3 Å². The normalized spacial score (nSPS) is 17.9. The lowest BCUT2D eigenvalue weighted by atomic mass is 10.2. The van der Waals surface area contributed by atoms with Gasteiger partial charge in [0.1, 0.15) is 6.54 Å². The van der Waals surface area contributed by atoms with Crippen molar-refractivity contribution in [3.8, 4) is 0 Å². The Kier molecular flexibility index (Phi) is 3.69. The minimum absolute atomic E-state index is 1.03. The highest BCUT2D eigenvalue weighted by atomic mass is 15.2. The van der Waals surface area contributed by atoms with Gasteiger partial charge in [0.15, 0.2) is 0 Å². The fourth-order valence-electron chi connectivity index (χ4n) is 2.04. The molecule has 1 saturated heterocycles. The molecule has 0 bridgehead atoms. The van der Waals surface area contributed by atoms with Crippen molar-refractivity contribution in [2.75, 3.05) is 26.2 Å². The smallest absolute Gasteiger partial charge is 0.120 e. The molecule has 1 aliphatic heterocycles. The lowest BCUT2D eigenvalue weighted by molar-refractivity contribution is -0.915. The third kappa shape index (κ3) is 3.01. The van der Waals surface area contributed by atoms with Crippen LogP contribution < -0.4 is 10.2 Å². The number of quaternary nitrogens is 1. The highest BCUT2D eigenvalue weighted by Gasteiger charge is 2.13. The van der Waals surface area contributed by atoms with E-state index < -0.39 is 0 Å². The zero-order valence-electron chi connectivity index (χ0n) is 9.42. The Morgan fingerprint density at radius 3 is 2.73 bits per heavy atom. The van der Waals surface area contributed by atoms with E-state index in [2.05, 4.69) is 35.4 Å². The Labute approximate surface area is 91.5 Å². The minimum atomic E-state index is 1.03. The van der Waals surface area contributed by atoms with Gasteiger partial charge in [0.25, 0.3) is 0 Å². The zero-order chi connectivity index (χ0) is 10.5. The number of hydrogen-bond acceptors (Lipinski definition) is 2. The first-order valence-corrected chi connectivity index (χ1v) is 5.87. The first-order chi connectivity index (χ1) is 7.38. The molecule has 0 saturated carbocycles. The van der Waals surface area contributed by atoms with Crippen LogP contribution in [0.3, 0.4) is 0 Å². The van der Waals surface area contributed by atoms with E-state index in [4.69, 9.17) is 0 Å². The lowest BCUT2D eigenvalue weighted by Gasteiger charge is -2.23. The summed E-state index contributed by atoms with van der Waals surface area (Å²) in [6.07, 6.45) is 1.03. The van der Waals surface area contributed by atoms with Crippen LogP contribution in [0.2, 0.25) is 0 Å². The van der Waals surface area contributed by atoms with Crippen molar-refractivity contribution in [3.05, 3.63) is 29.6 Å². The maximum atomic E-state index is 4.64. The van der Waals surface area contributed by atoms with Crippen LogP contribution >= 0.6 is 0 Å². The van der Waals surface area contributed by atoms with Gasteiger partial charge in [-0.05, 0) is 18.6 Å². The molecule has 82 valence electrons. The molecule has 15 heavy (non-hydrogen) atoms. The Morgan fingerprint density at radius 2 is 2.00 bits per heavy atom. The Morgan fingerprint density at radius 1 is 1.27 bits per heavy atom. The maximum Gasteiger partial charge on any atom is 0.120 e. The largest absolute Gasteiger partial charge is 0.328 e. The number of piperazine rings is 1. The molecule has 1 aromatic heterocycles. The SMILES string of the molecule is CCc1cccc(C[NH+]2CCNCC2)n1. The van der Waals surface area contributed by atoms with Crippen molar-refractivity contribution in [3.63, 3.8) is 0 Å². The number of nitrogens with zero attached hydrogens (tertiary/aromatic N) is 1. The minimum Gasteiger partial charge on any atom is -0.328 e. The summed E-state index contributed by atoms with van der Waals surface area (Å²) >= 11 is 0. The van der Waals surface area contributed by atoms with E-state index in [1.54, 1.807) is 4.90 Å². The van der Waals surface area contributed by atoms with Crippen LogP contribution in [0.25, 0.3) is 0 Å². The predicted octanol–water partition coefficient (Wildman–Crippen LogP) is -0.368. The second-order valence-corrected chi connectivity index (χ2v) is 4.15. The predicted molar refractivity (Wildman–Crippen MR) is 60.9 cm³/mol. The third-order valence-corrected chi connectivity index (χ3v) is 2.97. The summed E-state index contributed by atoms with van der Waals surface area (Å²) in [5, 5.41) is 3.38. The van der Waals surface area contributed by atoms with Gasteiger partial charge in [0, 0.05) is 18.8 Å². The maximum absolute atomic E-state index is 4.64. The average molecular weight is 206 g/mol. The third-order valence-electron chi connectivity index (χ3n) is 2.97. The highest BCUT2D eigenvalue weighted by Crippen LogP contribution is 1.98. The summed E-state index contributed by atoms with van der Waals surface area (Å²) in [4.78, 5) is 6.29.